The van der Waals surface area contributed by atoms with Crippen LogP contribution in [0.1, 0.15) is 25.7 Å². The Labute approximate surface area is 105 Å². The maximum absolute atomic E-state index is 12.1. The number of carbonyl (C=O) groups is 1. The molecule has 0 aliphatic heterocycles. The van der Waals surface area contributed by atoms with Crippen LogP contribution < -0.4 is 4.72 Å². The van der Waals surface area contributed by atoms with Gasteiger partial charge < -0.3 is 9.67 Å². The van der Waals surface area contributed by atoms with Gasteiger partial charge in [-0.15, -0.1) is 0 Å². The molecule has 8 heteroatoms. The predicted molar refractivity (Wildman–Crippen MR) is 62.4 cm³/mol. The van der Waals surface area contributed by atoms with E-state index in [1.165, 1.54) is 17.1 Å². The van der Waals surface area contributed by atoms with Crippen molar-refractivity contribution in [2.45, 2.75) is 36.2 Å². The summed E-state index contributed by atoms with van der Waals surface area (Å²) in [5.74, 6) is -1.00. The third-order valence-corrected chi connectivity index (χ3v) is 4.57. The van der Waals surface area contributed by atoms with Gasteiger partial charge in [-0.3, -0.25) is 4.79 Å². The predicted octanol–water partition coefficient (Wildman–Crippen LogP) is 0.0958. The molecule has 0 bridgehead atoms. The van der Waals surface area contributed by atoms with Gasteiger partial charge in [-0.2, -0.15) is 0 Å². The molecule has 18 heavy (non-hydrogen) atoms. The summed E-state index contributed by atoms with van der Waals surface area (Å²) < 4.78 is 28.1. The average molecular weight is 273 g/mol. The molecule has 2 rings (SSSR count). The van der Waals surface area contributed by atoms with E-state index in [2.05, 4.69) is 9.71 Å². The first kappa shape index (κ1) is 13.0. The molecular formula is C10H15N3O4S. The molecule has 0 unspecified atom stereocenters. The number of rotatable bonds is 5. The minimum atomic E-state index is -3.75. The summed E-state index contributed by atoms with van der Waals surface area (Å²) in [5.41, 5.74) is -0.845. The van der Waals surface area contributed by atoms with Crippen LogP contribution in [0.2, 0.25) is 0 Å². The maximum atomic E-state index is 12.1. The van der Waals surface area contributed by atoms with Crippen molar-refractivity contribution in [3.8, 4) is 0 Å². The minimum absolute atomic E-state index is 0.0818. The Morgan fingerprint density at radius 3 is 2.67 bits per heavy atom. The van der Waals surface area contributed by atoms with Crippen molar-refractivity contribution in [3.05, 3.63) is 12.5 Å². The summed E-state index contributed by atoms with van der Waals surface area (Å²) >= 11 is 0. The lowest BCUT2D eigenvalue weighted by molar-refractivity contribution is -0.139. The van der Waals surface area contributed by atoms with Crippen molar-refractivity contribution < 1.29 is 18.3 Å². The van der Waals surface area contributed by atoms with E-state index in [4.69, 9.17) is 5.11 Å². The highest BCUT2D eigenvalue weighted by molar-refractivity contribution is 7.89. The zero-order chi connectivity index (χ0) is 13.4. The monoisotopic (exact) mass is 273 g/mol. The van der Waals surface area contributed by atoms with Crippen LogP contribution in [0.15, 0.2) is 17.6 Å². The van der Waals surface area contributed by atoms with Crippen LogP contribution in [0.25, 0.3) is 0 Å². The highest BCUT2D eigenvalue weighted by Gasteiger charge is 2.42. The van der Waals surface area contributed by atoms with E-state index in [0.29, 0.717) is 12.8 Å². The fourth-order valence-corrected chi connectivity index (χ4v) is 3.51. The quantitative estimate of drug-likeness (QED) is 0.792. The average Bonchev–Trinajstić information content (AvgIpc) is 2.61. The largest absolute Gasteiger partial charge is 0.481 e. The van der Waals surface area contributed by atoms with Crippen molar-refractivity contribution in [3.63, 3.8) is 0 Å². The maximum Gasteiger partial charge on any atom is 0.305 e. The summed E-state index contributed by atoms with van der Waals surface area (Å²) in [6.07, 6.45) is 4.50. The molecule has 0 radical (unpaired) electrons. The number of nitrogens with one attached hydrogen (secondary N) is 1. The zero-order valence-electron chi connectivity index (χ0n) is 9.96. The lowest BCUT2D eigenvalue weighted by Gasteiger charge is -2.40. The van der Waals surface area contributed by atoms with Gasteiger partial charge in [0.15, 0.2) is 5.03 Å². The van der Waals surface area contributed by atoms with Gasteiger partial charge in [0.2, 0.25) is 0 Å². The van der Waals surface area contributed by atoms with Crippen molar-refractivity contribution in [2.24, 2.45) is 7.05 Å². The second-order valence-electron chi connectivity index (χ2n) is 4.69. The van der Waals surface area contributed by atoms with Gasteiger partial charge in [0.05, 0.1) is 12.7 Å². The summed E-state index contributed by atoms with van der Waals surface area (Å²) in [7, 11) is -2.08. The van der Waals surface area contributed by atoms with Gasteiger partial charge in [0.1, 0.15) is 0 Å². The van der Waals surface area contributed by atoms with Gasteiger partial charge in [-0.25, -0.2) is 18.1 Å². The number of imidazole rings is 1. The summed E-state index contributed by atoms with van der Waals surface area (Å²) in [5, 5.41) is 8.75. The van der Waals surface area contributed by atoms with Crippen LogP contribution in [0.3, 0.4) is 0 Å². The van der Waals surface area contributed by atoms with E-state index in [9.17, 15) is 13.2 Å². The Hall–Kier alpha value is -1.41. The molecule has 0 atom stereocenters. The number of hydrogen-bond acceptors (Lipinski definition) is 4. The van der Waals surface area contributed by atoms with Gasteiger partial charge in [0.25, 0.3) is 10.0 Å². The van der Waals surface area contributed by atoms with E-state index < -0.39 is 21.5 Å². The number of aromatic nitrogens is 2. The van der Waals surface area contributed by atoms with E-state index in [1.54, 1.807) is 7.05 Å². The Bertz CT molecular complexity index is 559. The van der Waals surface area contributed by atoms with Crippen LogP contribution in [0, 0.1) is 0 Å². The number of hydrogen-bond donors (Lipinski definition) is 2. The first-order valence-corrected chi connectivity index (χ1v) is 7.05. The van der Waals surface area contributed by atoms with Crippen LogP contribution in [0.5, 0.6) is 0 Å². The summed E-state index contributed by atoms with van der Waals surface area (Å²) in [6, 6.07) is 0. The van der Waals surface area contributed by atoms with Gasteiger partial charge in [0, 0.05) is 18.8 Å². The number of nitrogens with zero attached hydrogens (tertiary/aromatic N) is 2. The molecule has 1 aromatic heterocycles. The third kappa shape index (κ3) is 2.54. The first-order chi connectivity index (χ1) is 8.33. The molecule has 0 amide bonds. The number of sulfonamides is 1. The Balaban J connectivity index is 2.19. The molecule has 1 aliphatic rings. The molecular weight excluding hydrogens is 258 g/mol. The second kappa shape index (κ2) is 4.36. The second-order valence-corrected chi connectivity index (χ2v) is 6.32. The van der Waals surface area contributed by atoms with Gasteiger partial charge in [-0.05, 0) is 19.3 Å². The van der Waals surface area contributed by atoms with Crippen LogP contribution in [0.4, 0.5) is 0 Å². The fraction of sp³-hybridized carbons (Fsp3) is 0.600. The van der Waals surface area contributed by atoms with Gasteiger partial charge in [-0.1, -0.05) is 0 Å². The third-order valence-electron chi connectivity index (χ3n) is 3.11. The summed E-state index contributed by atoms with van der Waals surface area (Å²) in [6.45, 7) is 0. The molecule has 7 nitrogen and oxygen atoms in total. The lowest BCUT2D eigenvalue weighted by Crippen LogP contribution is -2.54. The number of carboxylic acids is 1. The molecule has 1 aromatic rings. The fourth-order valence-electron chi connectivity index (χ4n) is 2.07. The van der Waals surface area contributed by atoms with Crippen molar-refractivity contribution >= 4 is 16.0 Å². The SMILES string of the molecule is Cn1cnc(S(=O)(=O)NC2(CC(=O)O)CCC2)c1. The molecule has 1 aliphatic carbocycles. The molecule has 0 saturated heterocycles. The zero-order valence-corrected chi connectivity index (χ0v) is 10.8. The molecule has 2 N–H and O–H groups in total. The topological polar surface area (TPSA) is 101 Å². The Kier molecular flexibility index (Phi) is 3.16. The van der Waals surface area contributed by atoms with E-state index in [1.807, 2.05) is 0 Å². The van der Waals surface area contributed by atoms with Crippen molar-refractivity contribution in [1.82, 2.24) is 14.3 Å². The van der Waals surface area contributed by atoms with Gasteiger partial charge >= 0.3 is 5.97 Å². The molecule has 0 aromatic carbocycles. The summed E-state index contributed by atoms with van der Waals surface area (Å²) in [4.78, 5) is 14.6. The van der Waals surface area contributed by atoms with E-state index in [-0.39, 0.29) is 11.4 Å². The van der Waals surface area contributed by atoms with E-state index in [0.717, 1.165) is 6.42 Å². The van der Waals surface area contributed by atoms with Crippen LogP contribution >= 0.6 is 0 Å². The normalized spacial score (nSPS) is 18.3. The number of carboxylic acid groups (broad SMARTS) is 1. The van der Waals surface area contributed by atoms with Crippen molar-refractivity contribution in [2.75, 3.05) is 0 Å². The van der Waals surface area contributed by atoms with Crippen LogP contribution in [-0.4, -0.2) is 34.6 Å². The van der Waals surface area contributed by atoms with Crippen molar-refractivity contribution in [1.29, 1.82) is 0 Å². The van der Waals surface area contributed by atoms with Crippen LogP contribution in [-0.2, 0) is 21.9 Å². The standard InChI is InChI=1S/C10H15N3O4S/c1-13-6-8(11-7-13)18(16,17)12-10(3-2-4-10)5-9(14)15/h6-7,12H,2-5H2,1H3,(H,14,15). The smallest absolute Gasteiger partial charge is 0.305 e. The molecule has 0 spiro atoms. The first-order valence-electron chi connectivity index (χ1n) is 5.57. The number of aryl methyl sites for hydroxylation is 1. The molecule has 1 heterocycles. The highest BCUT2D eigenvalue weighted by Crippen LogP contribution is 2.36. The Morgan fingerprint density at radius 2 is 2.28 bits per heavy atom. The molecule has 100 valence electrons. The molecule has 1 saturated carbocycles. The van der Waals surface area contributed by atoms with E-state index >= 15 is 0 Å². The highest BCUT2D eigenvalue weighted by atomic mass is 32.2. The number of aliphatic carboxylic acids is 1. The lowest BCUT2D eigenvalue weighted by atomic mass is 9.75. The molecule has 1 fully saturated rings. The Morgan fingerprint density at radius 1 is 1.61 bits per heavy atom. The minimum Gasteiger partial charge on any atom is -0.481 e.